The van der Waals surface area contributed by atoms with Crippen LogP contribution in [0.15, 0.2) is 43.0 Å². The van der Waals surface area contributed by atoms with Gasteiger partial charge in [-0.1, -0.05) is 18.2 Å². The number of aromatic amines is 1. The Morgan fingerprint density at radius 3 is 3.04 bits per heavy atom. The zero-order valence-corrected chi connectivity index (χ0v) is 15.3. The van der Waals surface area contributed by atoms with Crippen molar-refractivity contribution in [1.82, 2.24) is 10.3 Å². The van der Waals surface area contributed by atoms with E-state index in [2.05, 4.69) is 16.4 Å². The fraction of sp³-hybridized carbons (Fsp3) is 0.450. The van der Waals surface area contributed by atoms with Gasteiger partial charge in [-0.3, -0.25) is 14.6 Å². The van der Waals surface area contributed by atoms with E-state index in [1.165, 1.54) is 5.56 Å². The van der Waals surface area contributed by atoms with Gasteiger partial charge in [0.1, 0.15) is 12.4 Å². The van der Waals surface area contributed by atoms with Crippen molar-refractivity contribution in [3.8, 4) is 0 Å². The Kier molecular flexibility index (Phi) is 5.20. The zero-order valence-electron chi connectivity index (χ0n) is 15.3. The normalized spacial score (nSPS) is 19.7. The summed E-state index contributed by atoms with van der Waals surface area (Å²) in [4.78, 5) is 30.6. The number of carbonyl (C=O) groups excluding carboxylic acids is 2. The largest absolute Gasteiger partial charge is 0.376 e. The molecule has 1 aromatic carbocycles. The first kappa shape index (κ1) is 17.7. The van der Waals surface area contributed by atoms with Crippen LogP contribution < -0.4 is 14.8 Å². The van der Waals surface area contributed by atoms with E-state index in [1.807, 2.05) is 18.2 Å². The number of fused-ring (bicyclic) bond motifs is 1. The summed E-state index contributed by atoms with van der Waals surface area (Å²) in [6.45, 7) is 1.91. The number of ether oxygens (including phenoxy) is 1. The SMILES string of the molecule is O=C(CC(C(=O)N1CCc2ccccc21)[n+]1cc[nH]c1)NCC1CCCO1. The second kappa shape index (κ2) is 7.92. The van der Waals surface area contributed by atoms with E-state index >= 15 is 0 Å². The summed E-state index contributed by atoms with van der Waals surface area (Å²) in [5.74, 6) is -0.193. The fourth-order valence-electron chi connectivity index (χ4n) is 3.84. The molecule has 1 fully saturated rings. The molecule has 4 rings (SSSR count). The lowest BCUT2D eigenvalue weighted by Gasteiger charge is -2.22. The minimum absolute atomic E-state index is 0.0585. The molecule has 0 bridgehead atoms. The van der Waals surface area contributed by atoms with Gasteiger partial charge >= 0.3 is 0 Å². The minimum Gasteiger partial charge on any atom is -0.376 e. The number of aromatic nitrogens is 2. The van der Waals surface area contributed by atoms with E-state index < -0.39 is 6.04 Å². The predicted molar refractivity (Wildman–Crippen MR) is 99.1 cm³/mol. The molecule has 0 aliphatic carbocycles. The summed E-state index contributed by atoms with van der Waals surface area (Å²) in [7, 11) is 0. The number of benzene rings is 1. The maximum absolute atomic E-state index is 13.3. The molecule has 1 aromatic heterocycles. The second-order valence-electron chi connectivity index (χ2n) is 7.09. The van der Waals surface area contributed by atoms with E-state index in [-0.39, 0.29) is 24.3 Å². The number of hydrogen-bond acceptors (Lipinski definition) is 3. The molecule has 0 spiro atoms. The predicted octanol–water partition coefficient (Wildman–Crippen LogP) is 1.12. The molecule has 27 heavy (non-hydrogen) atoms. The van der Waals surface area contributed by atoms with Crippen LogP contribution in [0.1, 0.15) is 30.9 Å². The molecule has 2 atom stereocenters. The Bertz CT molecular complexity index is 799. The number of para-hydroxylation sites is 1. The number of nitrogens with zero attached hydrogens (tertiary/aromatic N) is 2. The summed E-state index contributed by atoms with van der Waals surface area (Å²) in [6, 6.07) is 7.37. The lowest BCUT2D eigenvalue weighted by molar-refractivity contribution is -0.706. The quantitative estimate of drug-likeness (QED) is 0.749. The summed E-state index contributed by atoms with van der Waals surface area (Å²) >= 11 is 0. The van der Waals surface area contributed by atoms with Gasteiger partial charge in [0.25, 0.3) is 5.91 Å². The molecule has 0 radical (unpaired) electrons. The maximum Gasteiger partial charge on any atom is 0.272 e. The zero-order chi connectivity index (χ0) is 18.6. The lowest BCUT2D eigenvalue weighted by atomic mass is 10.1. The van der Waals surface area contributed by atoms with E-state index in [4.69, 9.17) is 4.74 Å². The smallest absolute Gasteiger partial charge is 0.272 e. The fourth-order valence-corrected chi connectivity index (χ4v) is 3.84. The molecular formula is C20H25N4O3+. The van der Waals surface area contributed by atoms with Gasteiger partial charge in [0, 0.05) is 25.4 Å². The number of hydrogen-bond donors (Lipinski definition) is 2. The number of nitrogens with one attached hydrogen (secondary N) is 2. The van der Waals surface area contributed by atoms with E-state index in [1.54, 1.807) is 28.2 Å². The highest BCUT2D eigenvalue weighted by Gasteiger charge is 2.35. The van der Waals surface area contributed by atoms with Gasteiger partial charge in [0.2, 0.25) is 12.2 Å². The van der Waals surface area contributed by atoms with Crippen LogP contribution in [-0.4, -0.2) is 42.6 Å². The Labute approximate surface area is 158 Å². The van der Waals surface area contributed by atoms with Crippen LogP contribution in [0.3, 0.4) is 0 Å². The monoisotopic (exact) mass is 369 g/mol. The first-order valence-electron chi connectivity index (χ1n) is 9.53. The van der Waals surface area contributed by atoms with E-state index in [0.29, 0.717) is 13.1 Å². The highest BCUT2D eigenvalue weighted by Crippen LogP contribution is 2.29. The van der Waals surface area contributed by atoms with Gasteiger partial charge in [-0.05, 0) is 30.9 Å². The lowest BCUT2D eigenvalue weighted by Crippen LogP contribution is -2.50. The number of amides is 2. The number of carbonyl (C=O) groups is 2. The second-order valence-corrected chi connectivity index (χ2v) is 7.09. The third-order valence-electron chi connectivity index (χ3n) is 5.29. The summed E-state index contributed by atoms with van der Waals surface area (Å²) in [5, 5.41) is 2.92. The van der Waals surface area contributed by atoms with Gasteiger partial charge < -0.3 is 15.0 Å². The molecule has 2 aliphatic rings. The van der Waals surface area contributed by atoms with Crippen molar-refractivity contribution in [1.29, 1.82) is 0 Å². The number of H-pyrrole nitrogens is 1. The van der Waals surface area contributed by atoms with Crippen molar-refractivity contribution in [2.45, 2.75) is 37.8 Å². The Morgan fingerprint density at radius 2 is 2.26 bits per heavy atom. The average Bonchev–Trinajstić information content (AvgIpc) is 3.45. The molecule has 2 N–H and O–H groups in total. The molecule has 142 valence electrons. The van der Waals surface area contributed by atoms with Crippen molar-refractivity contribution < 1.29 is 18.9 Å². The Morgan fingerprint density at radius 1 is 1.37 bits per heavy atom. The van der Waals surface area contributed by atoms with Crippen LogP contribution >= 0.6 is 0 Å². The van der Waals surface area contributed by atoms with Crippen LogP contribution in [0.25, 0.3) is 0 Å². The summed E-state index contributed by atoms with van der Waals surface area (Å²) in [5.41, 5.74) is 2.12. The minimum atomic E-state index is -0.577. The first-order valence-corrected chi connectivity index (χ1v) is 9.53. The topological polar surface area (TPSA) is 78.3 Å². The molecule has 3 heterocycles. The van der Waals surface area contributed by atoms with Crippen LogP contribution in [0.5, 0.6) is 0 Å². The molecule has 2 amide bonds. The molecule has 2 aliphatic heterocycles. The number of anilines is 1. The Hall–Kier alpha value is -2.67. The van der Waals surface area contributed by atoms with Crippen molar-refractivity contribution in [3.05, 3.63) is 48.5 Å². The summed E-state index contributed by atoms with van der Waals surface area (Å²) in [6.07, 6.45) is 8.31. The maximum atomic E-state index is 13.3. The highest BCUT2D eigenvalue weighted by molar-refractivity contribution is 5.99. The highest BCUT2D eigenvalue weighted by atomic mass is 16.5. The third-order valence-corrected chi connectivity index (χ3v) is 5.29. The van der Waals surface area contributed by atoms with Crippen LogP contribution in [0, 0.1) is 0 Å². The molecule has 2 aromatic rings. The molecule has 7 heteroatoms. The van der Waals surface area contributed by atoms with Crippen LogP contribution in [0.4, 0.5) is 5.69 Å². The molecular weight excluding hydrogens is 344 g/mol. The standard InChI is InChI=1S/C20H24N4O3/c25-19(22-13-16-5-3-11-27-16)12-18(23-10-8-21-14-23)20(26)24-9-7-15-4-1-2-6-17(15)24/h1-2,4,6,8,10,14,16,18H,3,5,7,9,11-13H2,(H,22,25)/p+1. The molecule has 1 saturated heterocycles. The average molecular weight is 369 g/mol. The van der Waals surface area contributed by atoms with Crippen molar-refractivity contribution in [3.63, 3.8) is 0 Å². The first-order chi connectivity index (χ1) is 13.2. The van der Waals surface area contributed by atoms with Gasteiger partial charge in [0.15, 0.2) is 6.04 Å². The Balaban J connectivity index is 1.46. The number of imidazole rings is 1. The van der Waals surface area contributed by atoms with E-state index in [0.717, 1.165) is 31.6 Å². The molecule has 7 nitrogen and oxygen atoms in total. The van der Waals surface area contributed by atoms with Crippen molar-refractivity contribution >= 4 is 17.5 Å². The van der Waals surface area contributed by atoms with Crippen molar-refractivity contribution in [2.24, 2.45) is 0 Å². The van der Waals surface area contributed by atoms with Crippen LogP contribution in [0.2, 0.25) is 0 Å². The number of rotatable bonds is 6. The molecule has 0 saturated carbocycles. The van der Waals surface area contributed by atoms with Gasteiger partial charge in [-0.25, -0.2) is 4.57 Å². The van der Waals surface area contributed by atoms with Crippen LogP contribution in [-0.2, 0) is 20.7 Å². The third kappa shape index (κ3) is 3.88. The van der Waals surface area contributed by atoms with Gasteiger partial charge in [-0.2, -0.15) is 0 Å². The molecule has 2 unspecified atom stereocenters. The van der Waals surface area contributed by atoms with Crippen molar-refractivity contribution in [2.75, 3.05) is 24.6 Å². The van der Waals surface area contributed by atoms with Gasteiger partial charge in [-0.15, -0.1) is 0 Å². The van der Waals surface area contributed by atoms with E-state index in [9.17, 15) is 9.59 Å². The van der Waals surface area contributed by atoms with Gasteiger partial charge in [0.05, 0.1) is 12.5 Å². The summed E-state index contributed by atoms with van der Waals surface area (Å²) < 4.78 is 7.32.